The predicted molar refractivity (Wildman–Crippen MR) is 108 cm³/mol. The summed E-state index contributed by atoms with van der Waals surface area (Å²) in [7, 11) is -3.65. The molecule has 1 N–H and O–H groups in total. The van der Waals surface area contributed by atoms with Gasteiger partial charge >= 0.3 is 0 Å². The Bertz CT molecular complexity index is 904. The summed E-state index contributed by atoms with van der Waals surface area (Å²) in [6, 6.07) is 7.74. The van der Waals surface area contributed by atoms with Crippen LogP contribution in [0.5, 0.6) is 0 Å². The number of sulfonamides is 1. The van der Waals surface area contributed by atoms with Gasteiger partial charge in [-0.15, -0.1) is 0 Å². The lowest BCUT2D eigenvalue weighted by Crippen LogP contribution is -2.35. The van der Waals surface area contributed by atoms with Crippen molar-refractivity contribution in [1.29, 1.82) is 0 Å². The van der Waals surface area contributed by atoms with E-state index in [-0.39, 0.29) is 21.5 Å². The summed E-state index contributed by atoms with van der Waals surface area (Å²) in [5.41, 5.74) is 0.156. The van der Waals surface area contributed by atoms with E-state index in [0.717, 1.165) is 31.4 Å². The molecule has 1 saturated heterocycles. The van der Waals surface area contributed by atoms with Crippen molar-refractivity contribution in [2.45, 2.75) is 50.0 Å². The highest BCUT2D eigenvalue weighted by Crippen LogP contribution is 2.25. The Morgan fingerprint density at radius 1 is 1.21 bits per heavy atom. The van der Waals surface area contributed by atoms with Gasteiger partial charge in [0.05, 0.1) is 21.7 Å². The molecule has 1 atom stereocenters. The van der Waals surface area contributed by atoms with Crippen molar-refractivity contribution in [3.63, 3.8) is 0 Å². The second-order valence-corrected chi connectivity index (χ2v) is 9.46. The second kappa shape index (κ2) is 9.11. The molecule has 1 aromatic carbocycles. The van der Waals surface area contributed by atoms with Crippen LogP contribution in [0.3, 0.4) is 0 Å². The molecule has 152 valence electrons. The molecule has 1 aromatic heterocycles. The fourth-order valence-corrected chi connectivity index (χ4v) is 5.10. The molecule has 0 aliphatic carbocycles. The van der Waals surface area contributed by atoms with E-state index < -0.39 is 15.9 Å². The molecule has 3 rings (SSSR count). The Morgan fingerprint density at radius 2 is 1.93 bits per heavy atom. The first-order valence-electron chi connectivity index (χ1n) is 9.51. The van der Waals surface area contributed by atoms with Crippen LogP contribution in [0.25, 0.3) is 0 Å². The van der Waals surface area contributed by atoms with Gasteiger partial charge in [-0.05, 0) is 50.1 Å². The number of carbonyl (C=O) groups is 1. The van der Waals surface area contributed by atoms with Gasteiger partial charge in [0.2, 0.25) is 10.0 Å². The first-order chi connectivity index (χ1) is 13.4. The summed E-state index contributed by atoms with van der Waals surface area (Å²) >= 11 is 6.19. The van der Waals surface area contributed by atoms with Crippen LogP contribution < -0.4 is 5.32 Å². The van der Waals surface area contributed by atoms with Crippen LogP contribution >= 0.6 is 11.6 Å². The lowest BCUT2D eigenvalue weighted by Gasteiger charge is -2.20. The monoisotopic (exact) mass is 424 g/mol. The number of nitrogens with one attached hydrogen (secondary N) is 1. The van der Waals surface area contributed by atoms with Gasteiger partial charge in [-0.3, -0.25) is 4.79 Å². The average molecular weight is 425 g/mol. The Labute approximate surface area is 170 Å². The first kappa shape index (κ1) is 20.9. The van der Waals surface area contributed by atoms with E-state index in [4.69, 9.17) is 16.0 Å². The maximum absolute atomic E-state index is 13.0. The van der Waals surface area contributed by atoms with Crippen LogP contribution in [0.15, 0.2) is 45.9 Å². The number of hydrogen-bond donors (Lipinski definition) is 1. The zero-order valence-electron chi connectivity index (χ0n) is 15.9. The van der Waals surface area contributed by atoms with Gasteiger partial charge in [0.1, 0.15) is 5.76 Å². The molecule has 28 heavy (non-hydrogen) atoms. The molecule has 1 amide bonds. The van der Waals surface area contributed by atoms with Crippen molar-refractivity contribution in [3.8, 4) is 0 Å². The summed E-state index contributed by atoms with van der Waals surface area (Å²) in [4.78, 5) is 12.8. The number of nitrogens with zero attached hydrogens (tertiary/aromatic N) is 1. The molecule has 2 aromatic rings. The van der Waals surface area contributed by atoms with Crippen molar-refractivity contribution in [2.24, 2.45) is 0 Å². The van der Waals surface area contributed by atoms with E-state index >= 15 is 0 Å². The fraction of sp³-hybridized carbons (Fsp3) is 0.450. The van der Waals surface area contributed by atoms with Gasteiger partial charge in [0.25, 0.3) is 5.91 Å². The number of hydrogen-bond acceptors (Lipinski definition) is 4. The van der Waals surface area contributed by atoms with Crippen LogP contribution in [0.2, 0.25) is 5.02 Å². The molecule has 1 aliphatic rings. The zero-order chi connectivity index (χ0) is 20.1. The summed E-state index contributed by atoms with van der Waals surface area (Å²) in [5.74, 6) is 0.355. The molecule has 0 spiro atoms. The van der Waals surface area contributed by atoms with Crippen LogP contribution in [0.1, 0.15) is 48.7 Å². The SMILES string of the molecule is C[C@@H](Cc1ccco1)NC(=O)c1cc(S(=O)(=O)N2CCCCCC2)ccc1Cl. The highest BCUT2D eigenvalue weighted by Gasteiger charge is 2.27. The van der Waals surface area contributed by atoms with Crippen molar-refractivity contribution < 1.29 is 17.6 Å². The van der Waals surface area contributed by atoms with E-state index in [9.17, 15) is 13.2 Å². The van der Waals surface area contributed by atoms with E-state index in [2.05, 4.69) is 5.32 Å². The van der Waals surface area contributed by atoms with Crippen molar-refractivity contribution in [3.05, 3.63) is 52.9 Å². The topological polar surface area (TPSA) is 79.6 Å². The number of furan rings is 1. The minimum absolute atomic E-state index is 0.0997. The quantitative estimate of drug-likeness (QED) is 0.763. The molecule has 8 heteroatoms. The van der Waals surface area contributed by atoms with E-state index in [1.165, 1.54) is 22.5 Å². The van der Waals surface area contributed by atoms with Gasteiger partial charge in [0.15, 0.2) is 0 Å². The molecule has 2 heterocycles. The van der Waals surface area contributed by atoms with Crippen LogP contribution in [0, 0.1) is 0 Å². The minimum atomic E-state index is -3.65. The smallest absolute Gasteiger partial charge is 0.253 e. The lowest BCUT2D eigenvalue weighted by atomic mass is 10.1. The number of halogens is 1. The Balaban J connectivity index is 1.77. The predicted octanol–water partition coefficient (Wildman–Crippen LogP) is 3.86. The normalized spacial score (nSPS) is 17.1. The first-order valence-corrected chi connectivity index (χ1v) is 11.3. The largest absolute Gasteiger partial charge is 0.469 e. The molecule has 0 radical (unpaired) electrons. The maximum Gasteiger partial charge on any atom is 0.253 e. The summed E-state index contributed by atoms with van der Waals surface area (Å²) in [6.07, 6.45) is 5.89. The third-order valence-corrected chi connectivity index (χ3v) is 7.07. The summed E-state index contributed by atoms with van der Waals surface area (Å²) in [5, 5.41) is 3.07. The molecule has 0 bridgehead atoms. The minimum Gasteiger partial charge on any atom is -0.469 e. The van der Waals surface area contributed by atoms with E-state index in [1.807, 2.05) is 13.0 Å². The van der Waals surface area contributed by atoms with Crippen molar-refractivity contribution >= 4 is 27.5 Å². The highest BCUT2D eigenvalue weighted by atomic mass is 35.5. The Morgan fingerprint density at radius 3 is 2.57 bits per heavy atom. The molecule has 1 aliphatic heterocycles. The number of carbonyl (C=O) groups excluding carboxylic acids is 1. The van der Waals surface area contributed by atoms with Crippen LogP contribution in [0.4, 0.5) is 0 Å². The maximum atomic E-state index is 13.0. The van der Waals surface area contributed by atoms with Gasteiger partial charge < -0.3 is 9.73 Å². The molecule has 0 unspecified atom stereocenters. The lowest BCUT2D eigenvalue weighted by molar-refractivity contribution is 0.0939. The van der Waals surface area contributed by atoms with Gasteiger partial charge in [0, 0.05) is 25.6 Å². The van der Waals surface area contributed by atoms with E-state index in [0.29, 0.717) is 19.5 Å². The Kier molecular flexibility index (Phi) is 6.80. The molecule has 1 fully saturated rings. The number of amides is 1. The van der Waals surface area contributed by atoms with E-state index in [1.54, 1.807) is 12.3 Å². The molecule has 0 saturated carbocycles. The second-order valence-electron chi connectivity index (χ2n) is 7.12. The molecular weight excluding hydrogens is 400 g/mol. The third-order valence-electron chi connectivity index (χ3n) is 4.85. The summed E-state index contributed by atoms with van der Waals surface area (Å²) < 4.78 is 32.8. The number of benzene rings is 1. The standard InChI is InChI=1S/C20H25ClN2O4S/c1-15(13-16-7-6-12-27-16)22-20(24)18-14-17(8-9-19(18)21)28(25,26)23-10-4-2-3-5-11-23/h6-9,12,14-15H,2-5,10-11,13H2,1H3,(H,22,24)/t15-/m0/s1. The van der Waals surface area contributed by atoms with Crippen molar-refractivity contribution in [2.75, 3.05) is 13.1 Å². The number of rotatable bonds is 6. The highest BCUT2D eigenvalue weighted by molar-refractivity contribution is 7.89. The molecule has 6 nitrogen and oxygen atoms in total. The van der Waals surface area contributed by atoms with Crippen LogP contribution in [-0.2, 0) is 16.4 Å². The van der Waals surface area contributed by atoms with Gasteiger partial charge in [-0.25, -0.2) is 8.42 Å². The molecular formula is C20H25ClN2O4S. The Hall–Kier alpha value is -1.83. The average Bonchev–Trinajstić information content (AvgIpc) is 3.00. The zero-order valence-corrected chi connectivity index (χ0v) is 17.4. The van der Waals surface area contributed by atoms with Gasteiger partial charge in [-0.1, -0.05) is 24.4 Å². The van der Waals surface area contributed by atoms with Crippen molar-refractivity contribution in [1.82, 2.24) is 9.62 Å². The third kappa shape index (κ3) is 4.96. The van der Waals surface area contributed by atoms with Gasteiger partial charge in [-0.2, -0.15) is 4.31 Å². The fourth-order valence-electron chi connectivity index (χ4n) is 3.35. The summed E-state index contributed by atoms with van der Waals surface area (Å²) in [6.45, 7) is 2.87. The van der Waals surface area contributed by atoms with Crippen LogP contribution in [-0.4, -0.2) is 37.8 Å².